The van der Waals surface area contributed by atoms with Gasteiger partial charge in [0.05, 0.1) is 0 Å². The predicted molar refractivity (Wildman–Crippen MR) is 65.8 cm³/mol. The summed E-state index contributed by atoms with van der Waals surface area (Å²) < 4.78 is 0. The number of hydrogen-bond acceptors (Lipinski definition) is 4. The van der Waals surface area contributed by atoms with E-state index in [1.807, 2.05) is 0 Å². The summed E-state index contributed by atoms with van der Waals surface area (Å²) in [6.07, 6.45) is 1.59. The van der Waals surface area contributed by atoms with E-state index in [0.29, 0.717) is 11.4 Å². The van der Waals surface area contributed by atoms with Crippen molar-refractivity contribution in [1.29, 1.82) is 0 Å². The van der Waals surface area contributed by atoms with E-state index in [0.717, 1.165) is 0 Å². The monoisotopic (exact) mass is 248 g/mol. The van der Waals surface area contributed by atoms with E-state index in [4.69, 9.17) is 17.3 Å². The second-order valence-corrected chi connectivity index (χ2v) is 3.66. The molecule has 0 radical (unpaired) electrons. The van der Waals surface area contributed by atoms with Crippen LogP contribution >= 0.6 is 11.6 Å². The second kappa shape index (κ2) is 4.80. The fourth-order valence-electron chi connectivity index (χ4n) is 1.27. The van der Waals surface area contributed by atoms with Gasteiger partial charge in [0, 0.05) is 11.8 Å². The van der Waals surface area contributed by atoms with Crippen LogP contribution in [0.4, 0.5) is 11.6 Å². The first kappa shape index (κ1) is 11.3. The van der Waals surface area contributed by atoms with Gasteiger partial charge in [-0.1, -0.05) is 17.7 Å². The summed E-state index contributed by atoms with van der Waals surface area (Å²) >= 11 is 5.71. The van der Waals surface area contributed by atoms with E-state index in [-0.39, 0.29) is 16.9 Å². The molecule has 0 saturated heterocycles. The smallest absolute Gasteiger partial charge is 0.257 e. The number of pyridine rings is 2. The minimum absolute atomic E-state index is 0.177. The van der Waals surface area contributed by atoms with Crippen molar-refractivity contribution in [2.24, 2.45) is 0 Å². The zero-order valence-corrected chi connectivity index (χ0v) is 9.48. The molecule has 2 rings (SSSR count). The number of carbonyl (C=O) groups excluding carboxylic acids is 1. The first-order valence-corrected chi connectivity index (χ1v) is 5.18. The van der Waals surface area contributed by atoms with Crippen LogP contribution in [0.1, 0.15) is 10.4 Å². The molecule has 0 atom stereocenters. The molecule has 0 aliphatic carbocycles. The van der Waals surface area contributed by atoms with Gasteiger partial charge in [0.25, 0.3) is 5.91 Å². The summed E-state index contributed by atoms with van der Waals surface area (Å²) in [5.74, 6) is 0.326. The normalized spacial score (nSPS) is 9.94. The van der Waals surface area contributed by atoms with E-state index >= 15 is 0 Å². The van der Waals surface area contributed by atoms with Crippen molar-refractivity contribution in [2.75, 3.05) is 11.1 Å². The third kappa shape index (κ3) is 2.92. The maximum Gasteiger partial charge on any atom is 0.257 e. The Balaban J connectivity index is 2.20. The molecule has 1 amide bonds. The number of hydrogen-bond donors (Lipinski definition) is 2. The van der Waals surface area contributed by atoms with Crippen molar-refractivity contribution in [2.45, 2.75) is 0 Å². The van der Waals surface area contributed by atoms with E-state index in [1.165, 1.54) is 12.1 Å². The van der Waals surface area contributed by atoms with Crippen LogP contribution in [0.2, 0.25) is 5.15 Å². The number of halogens is 1. The van der Waals surface area contributed by atoms with Crippen LogP contribution < -0.4 is 11.1 Å². The van der Waals surface area contributed by atoms with Crippen LogP contribution in [0.3, 0.4) is 0 Å². The van der Waals surface area contributed by atoms with Crippen LogP contribution in [-0.4, -0.2) is 15.9 Å². The van der Waals surface area contributed by atoms with Gasteiger partial charge in [-0.2, -0.15) is 0 Å². The van der Waals surface area contributed by atoms with Gasteiger partial charge >= 0.3 is 0 Å². The molecule has 0 fully saturated rings. The minimum Gasteiger partial charge on any atom is -0.384 e. The Labute approximate surface area is 103 Å². The average molecular weight is 249 g/mol. The Morgan fingerprint density at radius 3 is 2.82 bits per heavy atom. The molecule has 0 saturated carbocycles. The molecular formula is C11H9ClN4O. The molecule has 0 aliphatic heterocycles. The third-order valence-corrected chi connectivity index (χ3v) is 2.18. The highest BCUT2D eigenvalue weighted by atomic mass is 35.5. The van der Waals surface area contributed by atoms with Gasteiger partial charge < -0.3 is 11.1 Å². The molecule has 6 heteroatoms. The largest absolute Gasteiger partial charge is 0.384 e. The van der Waals surface area contributed by atoms with Crippen molar-refractivity contribution >= 4 is 29.1 Å². The first-order valence-electron chi connectivity index (χ1n) is 4.80. The number of nitrogens with zero attached hydrogens (tertiary/aromatic N) is 2. The molecule has 3 N–H and O–H groups in total. The van der Waals surface area contributed by atoms with Gasteiger partial charge in [-0.3, -0.25) is 4.79 Å². The van der Waals surface area contributed by atoms with Crippen LogP contribution in [0.25, 0.3) is 0 Å². The molecule has 17 heavy (non-hydrogen) atoms. The molecule has 2 aromatic rings. The molecule has 0 aromatic carbocycles. The molecule has 2 heterocycles. The third-order valence-electron chi connectivity index (χ3n) is 1.98. The highest BCUT2D eigenvalue weighted by Crippen LogP contribution is 2.13. The Kier molecular flexibility index (Phi) is 3.20. The van der Waals surface area contributed by atoms with Crippen molar-refractivity contribution in [1.82, 2.24) is 9.97 Å². The molecular weight excluding hydrogens is 240 g/mol. The number of nitrogen functional groups attached to an aromatic ring is 1. The number of rotatable bonds is 2. The molecule has 86 valence electrons. The highest BCUT2D eigenvalue weighted by molar-refractivity contribution is 6.30. The van der Waals surface area contributed by atoms with Crippen LogP contribution in [0, 0.1) is 0 Å². The predicted octanol–water partition coefficient (Wildman–Crippen LogP) is 1.96. The topological polar surface area (TPSA) is 80.9 Å². The van der Waals surface area contributed by atoms with Crippen molar-refractivity contribution in [3.05, 3.63) is 47.2 Å². The maximum absolute atomic E-state index is 11.8. The van der Waals surface area contributed by atoms with Gasteiger partial charge in [0.1, 0.15) is 16.8 Å². The number of nitrogens with two attached hydrogens (primary N) is 1. The summed E-state index contributed by atoms with van der Waals surface area (Å²) in [6.45, 7) is 0. The number of aromatic nitrogens is 2. The zero-order chi connectivity index (χ0) is 12.3. The number of carbonyl (C=O) groups is 1. The lowest BCUT2D eigenvalue weighted by atomic mass is 10.2. The Morgan fingerprint density at radius 2 is 2.18 bits per heavy atom. The molecule has 0 spiro atoms. The lowest BCUT2D eigenvalue weighted by Crippen LogP contribution is -2.13. The lowest BCUT2D eigenvalue weighted by Gasteiger charge is -2.04. The molecule has 0 aliphatic rings. The SMILES string of the molecule is Nc1cc(C(=O)Nc2ccccn2)cc(Cl)n1. The lowest BCUT2D eigenvalue weighted by molar-refractivity contribution is 0.102. The quantitative estimate of drug-likeness (QED) is 0.796. The van der Waals surface area contributed by atoms with Gasteiger partial charge in [-0.25, -0.2) is 9.97 Å². The van der Waals surface area contributed by atoms with Crippen LogP contribution in [0.5, 0.6) is 0 Å². The summed E-state index contributed by atoms with van der Waals surface area (Å²) in [4.78, 5) is 19.6. The Hall–Kier alpha value is -2.14. The van der Waals surface area contributed by atoms with Gasteiger partial charge in [-0.05, 0) is 24.3 Å². The van der Waals surface area contributed by atoms with E-state index < -0.39 is 0 Å². The van der Waals surface area contributed by atoms with Crippen molar-refractivity contribution in [3.63, 3.8) is 0 Å². The zero-order valence-electron chi connectivity index (χ0n) is 8.72. The number of anilines is 2. The van der Waals surface area contributed by atoms with E-state index in [1.54, 1.807) is 24.4 Å². The molecule has 0 unspecified atom stereocenters. The summed E-state index contributed by atoms with van der Waals surface area (Å²) in [5.41, 5.74) is 5.84. The highest BCUT2D eigenvalue weighted by Gasteiger charge is 2.08. The standard InChI is InChI=1S/C11H9ClN4O/c12-8-5-7(6-9(13)15-8)11(17)16-10-3-1-2-4-14-10/h1-6H,(H2,13,15)(H,14,16,17). The fourth-order valence-corrected chi connectivity index (χ4v) is 1.49. The summed E-state index contributed by atoms with van der Waals surface area (Å²) in [6, 6.07) is 8.11. The van der Waals surface area contributed by atoms with Crippen molar-refractivity contribution in [3.8, 4) is 0 Å². The summed E-state index contributed by atoms with van der Waals surface area (Å²) in [5, 5.41) is 2.80. The van der Waals surface area contributed by atoms with Crippen LogP contribution in [0.15, 0.2) is 36.5 Å². The van der Waals surface area contributed by atoms with Crippen molar-refractivity contribution < 1.29 is 4.79 Å². The number of amides is 1. The maximum atomic E-state index is 11.8. The van der Waals surface area contributed by atoms with Crippen LogP contribution in [-0.2, 0) is 0 Å². The summed E-state index contributed by atoms with van der Waals surface area (Å²) in [7, 11) is 0. The molecule has 2 aromatic heterocycles. The Morgan fingerprint density at radius 1 is 1.35 bits per heavy atom. The minimum atomic E-state index is -0.334. The van der Waals surface area contributed by atoms with Gasteiger partial charge in [-0.15, -0.1) is 0 Å². The van der Waals surface area contributed by atoms with E-state index in [2.05, 4.69) is 15.3 Å². The molecule has 0 bridgehead atoms. The molecule has 5 nitrogen and oxygen atoms in total. The second-order valence-electron chi connectivity index (χ2n) is 3.27. The number of nitrogens with one attached hydrogen (secondary N) is 1. The average Bonchev–Trinajstić information content (AvgIpc) is 2.29. The first-order chi connectivity index (χ1) is 8.15. The Bertz CT molecular complexity index is 524. The van der Waals surface area contributed by atoms with E-state index in [9.17, 15) is 4.79 Å². The van der Waals surface area contributed by atoms with Gasteiger partial charge in [0.2, 0.25) is 0 Å². The fraction of sp³-hybridized carbons (Fsp3) is 0. The van der Waals surface area contributed by atoms with Gasteiger partial charge in [0.15, 0.2) is 0 Å².